The minimum atomic E-state index is 0.278. The predicted molar refractivity (Wildman–Crippen MR) is 68.8 cm³/mol. The van der Waals surface area contributed by atoms with E-state index in [-0.39, 0.29) is 5.41 Å². The van der Waals surface area contributed by atoms with Crippen LogP contribution < -0.4 is 0 Å². The van der Waals surface area contributed by atoms with Gasteiger partial charge in [0.15, 0.2) is 0 Å². The molecule has 0 unspecified atom stereocenters. The minimum Gasteiger partial charge on any atom is -0.382 e. The van der Waals surface area contributed by atoms with Gasteiger partial charge in [-0.25, -0.2) is 0 Å². The van der Waals surface area contributed by atoms with Crippen molar-refractivity contribution in [2.75, 3.05) is 32.7 Å². The van der Waals surface area contributed by atoms with Gasteiger partial charge in [-0.2, -0.15) is 12.6 Å². The first-order valence-corrected chi connectivity index (χ1v) is 6.55. The Bertz CT molecular complexity index is 134. The molecule has 0 heterocycles. The van der Waals surface area contributed by atoms with Gasteiger partial charge in [0.1, 0.15) is 0 Å². The Morgan fingerprint density at radius 2 is 1.67 bits per heavy atom. The van der Waals surface area contributed by atoms with Crippen LogP contribution >= 0.6 is 12.6 Å². The van der Waals surface area contributed by atoms with E-state index in [2.05, 4.69) is 26.5 Å². The number of hydrogen-bond donors (Lipinski definition) is 1. The molecule has 3 heteroatoms. The van der Waals surface area contributed by atoms with E-state index in [9.17, 15) is 0 Å². The third-order valence-corrected chi connectivity index (χ3v) is 3.41. The van der Waals surface area contributed by atoms with Crippen molar-refractivity contribution in [1.82, 2.24) is 0 Å². The van der Waals surface area contributed by atoms with Crippen LogP contribution in [0.15, 0.2) is 0 Å². The quantitative estimate of drug-likeness (QED) is 0.462. The highest BCUT2D eigenvalue weighted by Gasteiger charge is 2.26. The van der Waals surface area contributed by atoms with Gasteiger partial charge in [-0.1, -0.05) is 26.7 Å². The van der Waals surface area contributed by atoms with Crippen molar-refractivity contribution in [2.45, 2.75) is 39.5 Å². The highest BCUT2D eigenvalue weighted by Crippen LogP contribution is 2.31. The highest BCUT2D eigenvalue weighted by molar-refractivity contribution is 7.80. The van der Waals surface area contributed by atoms with Gasteiger partial charge in [-0.15, -0.1) is 0 Å². The summed E-state index contributed by atoms with van der Waals surface area (Å²) in [5, 5.41) is 0. The van der Waals surface area contributed by atoms with E-state index >= 15 is 0 Å². The molecule has 15 heavy (non-hydrogen) atoms. The van der Waals surface area contributed by atoms with Gasteiger partial charge in [0, 0.05) is 12.5 Å². The van der Waals surface area contributed by atoms with Crippen LogP contribution in [0.1, 0.15) is 39.5 Å². The second-order valence-corrected chi connectivity index (χ2v) is 4.52. The molecule has 2 nitrogen and oxygen atoms in total. The van der Waals surface area contributed by atoms with Gasteiger partial charge >= 0.3 is 0 Å². The normalized spacial score (nSPS) is 12.0. The fraction of sp³-hybridized carbons (Fsp3) is 1.00. The Morgan fingerprint density at radius 3 is 2.07 bits per heavy atom. The third-order valence-electron chi connectivity index (χ3n) is 2.74. The predicted octanol–water partition coefficient (Wildman–Crippen LogP) is 3.17. The summed E-state index contributed by atoms with van der Waals surface area (Å²) in [4.78, 5) is 0. The molecule has 0 aliphatic heterocycles. The Hall–Kier alpha value is 0.270. The smallest absolute Gasteiger partial charge is 0.0700 e. The van der Waals surface area contributed by atoms with Gasteiger partial charge in [0.05, 0.1) is 19.8 Å². The molecule has 0 aromatic heterocycles. The summed E-state index contributed by atoms with van der Waals surface area (Å²) >= 11 is 4.48. The zero-order valence-electron chi connectivity index (χ0n) is 10.4. The molecule has 0 aromatic rings. The molecule has 0 fully saturated rings. The molecule has 0 spiro atoms. The molecule has 0 saturated heterocycles. The summed E-state index contributed by atoms with van der Waals surface area (Å²) in [6.07, 6.45) is 4.82. The number of thiol groups is 1. The van der Waals surface area contributed by atoms with Gasteiger partial charge in [-0.3, -0.25) is 0 Å². The second kappa shape index (κ2) is 9.49. The molecular weight excluding hydrogens is 208 g/mol. The zero-order valence-corrected chi connectivity index (χ0v) is 11.3. The summed E-state index contributed by atoms with van der Waals surface area (Å²) in [5.41, 5.74) is 0.278. The van der Waals surface area contributed by atoms with Gasteiger partial charge in [0.25, 0.3) is 0 Å². The van der Waals surface area contributed by atoms with Crippen LogP contribution in [-0.4, -0.2) is 32.7 Å². The van der Waals surface area contributed by atoms with Gasteiger partial charge in [0.2, 0.25) is 0 Å². The van der Waals surface area contributed by atoms with Crippen molar-refractivity contribution in [3.8, 4) is 0 Å². The first-order valence-electron chi connectivity index (χ1n) is 5.92. The van der Waals surface area contributed by atoms with Crippen molar-refractivity contribution in [3.63, 3.8) is 0 Å². The monoisotopic (exact) mass is 234 g/mol. The largest absolute Gasteiger partial charge is 0.382 e. The Kier molecular flexibility index (Phi) is 9.66. The lowest BCUT2D eigenvalue weighted by atomic mass is 9.82. The summed E-state index contributed by atoms with van der Waals surface area (Å²) in [6.45, 7) is 6.65. The number of methoxy groups -OCH3 is 1. The fourth-order valence-corrected chi connectivity index (χ4v) is 2.37. The maximum Gasteiger partial charge on any atom is 0.0700 e. The van der Waals surface area contributed by atoms with E-state index in [4.69, 9.17) is 9.47 Å². The summed E-state index contributed by atoms with van der Waals surface area (Å²) in [5.74, 6) is 0.918. The maximum atomic E-state index is 5.66. The molecule has 0 N–H and O–H groups in total. The van der Waals surface area contributed by atoms with Crippen LogP contribution in [0.3, 0.4) is 0 Å². The molecule has 0 bridgehead atoms. The van der Waals surface area contributed by atoms with E-state index in [1.54, 1.807) is 7.11 Å². The molecule has 0 aromatic carbocycles. The number of rotatable bonds is 10. The van der Waals surface area contributed by atoms with Crippen molar-refractivity contribution in [1.29, 1.82) is 0 Å². The van der Waals surface area contributed by atoms with Crippen LogP contribution in [0, 0.1) is 5.41 Å². The van der Waals surface area contributed by atoms with Crippen LogP contribution in [0.2, 0.25) is 0 Å². The van der Waals surface area contributed by atoms with E-state index < -0.39 is 0 Å². The van der Waals surface area contributed by atoms with Crippen molar-refractivity contribution < 1.29 is 9.47 Å². The van der Waals surface area contributed by atoms with Crippen LogP contribution in [0.25, 0.3) is 0 Å². The molecule has 0 rings (SSSR count). The molecule has 92 valence electrons. The van der Waals surface area contributed by atoms with E-state index in [0.29, 0.717) is 13.2 Å². The zero-order chi connectivity index (χ0) is 11.6. The Balaban J connectivity index is 3.96. The lowest BCUT2D eigenvalue weighted by Gasteiger charge is -2.31. The average Bonchev–Trinajstić information content (AvgIpc) is 2.25. The van der Waals surface area contributed by atoms with E-state index in [1.807, 2.05) is 0 Å². The second-order valence-electron chi connectivity index (χ2n) is 4.20. The molecular formula is C12H26O2S. The average molecular weight is 234 g/mol. The SMILES string of the molecule is CCCC(CS)(CCC)COCCOC. The molecule has 0 radical (unpaired) electrons. The van der Waals surface area contributed by atoms with Gasteiger partial charge in [-0.05, 0) is 18.6 Å². The Labute approximate surface area is 100 Å². The summed E-state index contributed by atoms with van der Waals surface area (Å²) in [7, 11) is 1.70. The fourth-order valence-electron chi connectivity index (χ4n) is 1.96. The standard InChI is InChI=1S/C12H26O2S/c1-4-6-12(11-15,7-5-2)10-14-9-8-13-3/h15H,4-11H2,1-3H3. The van der Waals surface area contributed by atoms with Crippen molar-refractivity contribution >= 4 is 12.6 Å². The molecule has 0 aliphatic rings. The minimum absolute atomic E-state index is 0.278. The molecule has 0 saturated carbocycles. The maximum absolute atomic E-state index is 5.66. The van der Waals surface area contributed by atoms with Gasteiger partial charge < -0.3 is 9.47 Å². The van der Waals surface area contributed by atoms with E-state index in [0.717, 1.165) is 12.4 Å². The molecule has 0 atom stereocenters. The van der Waals surface area contributed by atoms with Crippen molar-refractivity contribution in [2.24, 2.45) is 5.41 Å². The van der Waals surface area contributed by atoms with E-state index in [1.165, 1.54) is 25.7 Å². The van der Waals surface area contributed by atoms with Crippen LogP contribution in [0.5, 0.6) is 0 Å². The summed E-state index contributed by atoms with van der Waals surface area (Å²) in [6, 6.07) is 0. The first-order chi connectivity index (χ1) is 7.24. The summed E-state index contributed by atoms with van der Waals surface area (Å²) < 4.78 is 10.6. The topological polar surface area (TPSA) is 18.5 Å². The van der Waals surface area contributed by atoms with Crippen LogP contribution in [-0.2, 0) is 9.47 Å². The lowest BCUT2D eigenvalue weighted by molar-refractivity contribution is 0.0165. The third kappa shape index (κ3) is 6.44. The lowest BCUT2D eigenvalue weighted by Crippen LogP contribution is -2.29. The van der Waals surface area contributed by atoms with Crippen LogP contribution in [0.4, 0.5) is 0 Å². The Morgan fingerprint density at radius 1 is 1.07 bits per heavy atom. The number of ether oxygens (including phenoxy) is 2. The number of hydrogen-bond acceptors (Lipinski definition) is 3. The highest BCUT2D eigenvalue weighted by atomic mass is 32.1. The molecule has 0 aliphatic carbocycles. The van der Waals surface area contributed by atoms with Crippen molar-refractivity contribution in [3.05, 3.63) is 0 Å². The molecule has 0 amide bonds. The first kappa shape index (κ1) is 15.3.